The van der Waals surface area contributed by atoms with Gasteiger partial charge in [-0.1, -0.05) is 31.8 Å². The third-order valence-electron chi connectivity index (χ3n) is 3.57. The molecule has 0 saturated carbocycles. The van der Waals surface area contributed by atoms with Crippen molar-refractivity contribution in [1.82, 2.24) is 4.90 Å². The molecule has 1 aliphatic rings. The summed E-state index contributed by atoms with van der Waals surface area (Å²) < 4.78 is 0. The minimum absolute atomic E-state index is 0.0825. The molecule has 3 nitrogen and oxygen atoms in total. The Morgan fingerprint density at radius 1 is 1.38 bits per heavy atom. The lowest BCUT2D eigenvalue weighted by molar-refractivity contribution is 0.0752. The number of hydrogen-bond acceptors (Lipinski definition) is 3. The smallest absolute Gasteiger partial charge is 0.254 e. The molecule has 0 spiro atoms. The van der Waals surface area contributed by atoms with E-state index in [-0.39, 0.29) is 12.5 Å². The third-order valence-corrected chi connectivity index (χ3v) is 4.80. The zero-order chi connectivity index (χ0) is 15.4. The lowest BCUT2D eigenvalue weighted by Gasteiger charge is -2.35. The fourth-order valence-electron chi connectivity index (χ4n) is 2.65. The number of aliphatic hydroxyl groups is 1. The third kappa shape index (κ3) is 3.81. The normalized spacial score (nSPS) is 21.6. The van der Waals surface area contributed by atoms with Crippen LogP contribution in [0.3, 0.4) is 0 Å². The van der Waals surface area contributed by atoms with Crippen LogP contribution in [-0.2, 0) is 0 Å². The fourth-order valence-corrected chi connectivity index (χ4v) is 3.98. The topological polar surface area (TPSA) is 40.5 Å². The van der Waals surface area contributed by atoms with Crippen LogP contribution < -0.4 is 0 Å². The maximum Gasteiger partial charge on any atom is 0.254 e. The van der Waals surface area contributed by atoms with Crippen molar-refractivity contribution in [2.45, 2.75) is 31.3 Å². The predicted octanol–water partition coefficient (Wildman–Crippen LogP) is 2.30. The van der Waals surface area contributed by atoms with Crippen molar-refractivity contribution in [3.05, 3.63) is 34.9 Å². The quantitative estimate of drug-likeness (QED) is 0.809. The molecule has 1 aromatic rings. The average Bonchev–Trinajstić information content (AvgIpc) is 2.44. The van der Waals surface area contributed by atoms with Gasteiger partial charge in [0.2, 0.25) is 0 Å². The minimum atomic E-state index is -0.171. The molecule has 2 unspecified atom stereocenters. The van der Waals surface area contributed by atoms with Gasteiger partial charge in [0.1, 0.15) is 6.61 Å². The summed E-state index contributed by atoms with van der Waals surface area (Å²) in [5, 5.41) is 9.74. The number of carbonyl (C=O) groups excluding carboxylic acids is 1. The number of aliphatic hydroxyl groups excluding tert-OH is 1. The van der Waals surface area contributed by atoms with Gasteiger partial charge < -0.3 is 10.0 Å². The molecule has 1 saturated heterocycles. The highest BCUT2D eigenvalue weighted by atomic mass is 32.2. The zero-order valence-electron chi connectivity index (χ0n) is 12.7. The molecule has 0 aliphatic carbocycles. The maximum absolute atomic E-state index is 12.8. The highest BCUT2D eigenvalue weighted by Gasteiger charge is 2.27. The highest BCUT2D eigenvalue weighted by Crippen LogP contribution is 2.26. The molecule has 0 bridgehead atoms. The first-order valence-corrected chi connectivity index (χ1v) is 8.11. The van der Waals surface area contributed by atoms with E-state index >= 15 is 0 Å². The molecule has 2 rings (SSSR count). The van der Waals surface area contributed by atoms with E-state index in [4.69, 9.17) is 5.11 Å². The van der Waals surface area contributed by atoms with E-state index in [0.717, 1.165) is 24.2 Å². The van der Waals surface area contributed by atoms with E-state index in [2.05, 4.69) is 25.7 Å². The number of benzene rings is 1. The molecule has 2 atom stereocenters. The maximum atomic E-state index is 12.8. The van der Waals surface area contributed by atoms with Crippen LogP contribution in [0.25, 0.3) is 0 Å². The van der Waals surface area contributed by atoms with Crippen LogP contribution in [0.2, 0.25) is 0 Å². The largest absolute Gasteiger partial charge is 0.384 e. The Labute approximate surface area is 130 Å². The summed E-state index contributed by atoms with van der Waals surface area (Å²) in [6.45, 7) is 7.66. The van der Waals surface area contributed by atoms with Crippen LogP contribution >= 0.6 is 11.8 Å². The van der Waals surface area contributed by atoms with E-state index in [1.54, 1.807) is 0 Å². The van der Waals surface area contributed by atoms with E-state index in [1.165, 1.54) is 0 Å². The van der Waals surface area contributed by atoms with E-state index in [9.17, 15) is 4.79 Å². The lowest BCUT2D eigenvalue weighted by Crippen LogP contribution is -2.44. The van der Waals surface area contributed by atoms with Crippen LogP contribution in [0.4, 0.5) is 0 Å². The van der Waals surface area contributed by atoms with Gasteiger partial charge in [-0.15, -0.1) is 0 Å². The summed E-state index contributed by atoms with van der Waals surface area (Å²) >= 11 is 1.93. The second kappa shape index (κ2) is 7.02. The Morgan fingerprint density at radius 2 is 2.05 bits per heavy atom. The van der Waals surface area contributed by atoms with Crippen molar-refractivity contribution in [2.24, 2.45) is 0 Å². The van der Waals surface area contributed by atoms with Gasteiger partial charge in [0.15, 0.2) is 0 Å². The molecule has 1 fully saturated rings. The number of rotatable bonds is 1. The van der Waals surface area contributed by atoms with Gasteiger partial charge in [-0.25, -0.2) is 0 Å². The highest BCUT2D eigenvalue weighted by molar-refractivity contribution is 8.00. The molecule has 4 heteroatoms. The van der Waals surface area contributed by atoms with Gasteiger partial charge >= 0.3 is 0 Å². The number of amides is 1. The number of nitrogens with zero attached hydrogens (tertiary/aromatic N) is 1. The number of carbonyl (C=O) groups is 1. The van der Waals surface area contributed by atoms with Crippen molar-refractivity contribution < 1.29 is 9.90 Å². The molecule has 1 heterocycles. The fraction of sp³-hybridized carbons (Fsp3) is 0.471. The standard InChI is InChI=1S/C17H21NO2S/c1-12-10-18(11-13(2)21-12)17(20)16-8-4-6-15(14(16)3)7-5-9-19/h4,6,8,12-13,19H,9-11H2,1-3H3. The van der Waals surface area contributed by atoms with Gasteiger partial charge in [0.05, 0.1) is 0 Å². The van der Waals surface area contributed by atoms with Crippen molar-refractivity contribution in [2.75, 3.05) is 19.7 Å². The van der Waals surface area contributed by atoms with Gasteiger partial charge in [0, 0.05) is 34.7 Å². The second-order valence-corrected chi connectivity index (χ2v) is 7.29. The average molecular weight is 303 g/mol. The van der Waals surface area contributed by atoms with Crippen LogP contribution in [0.15, 0.2) is 18.2 Å². The molecule has 21 heavy (non-hydrogen) atoms. The Bertz CT molecular complexity index is 578. The Kier molecular flexibility index (Phi) is 5.33. The van der Waals surface area contributed by atoms with Crippen LogP contribution in [0.5, 0.6) is 0 Å². The lowest BCUT2D eigenvalue weighted by atomic mass is 10.0. The van der Waals surface area contributed by atoms with E-state index in [0.29, 0.717) is 16.1 Å². The summed E-state index contributed by atoms with van der Waals surface area (Å²) in [5.41, 5.74) is 2.41. The molecular formula is C17H21NO2S. The molecule has 112 valence electrons. The number of hydrogen-bond donors (Lipinski definition) is 1. The first kappa shape index (κ1) is 15.9. The van der Waals surface area contributed by atoms with Gasteiger partial charge in [-0.2, -0.15) is 11.8 Å². The Balaban J connectivity index is 2.27. The first-order valence-electron chi connectivity index (χ1n) is 7.17. The molecule has 1 aromatic carbocycles. The van der Waals surface area contributed by atoms with Crippen LogP contribution in [-0.4, -0.2) is 46.1 Å². The SMILES string of the molecule is Cc1c(C#CCO)cccc1C(=O)N1CC(C)SC(C)C1. The molecule has 0 radical (unpaired) electrons. The minimum Gasteiger partial charge on any atom is -0.384 e. The van der Waals surface area contributed by atoms with E-state index in [1.807, 2.05) is 41.8 Å². The summed E-state index contributed by atoms with van der Waals surface area (Å²) in [6.07, 6.45) is 0. The van der Waals surface area contributed by atoms with Gasteiger partial charge in [0.25, 0.3) is 5.91 Å². The van der Waals surface area contributed by atoms with Crippen LogP contribution in [0, 0.1) is 18.8 Å². The zero-order valence-corrected chi connectivity index (χ0v) is 13.5. The van der Waals surface area contributed by atoms with Crippen molar-refractivity contribution >= 4 is 17.7 Å². The number of thioether (sulfide) groups is 1. The second-order valence-electron chi connectivity index (χ2n) is 5.41. The van der Waals surface area contributed by atoms with Crippen LogP contribution in [0.1, 0.15) is 35.3 Å². The van der Waals surface area contributed by atoms with Gasteiger partial charge in [-0.05, 0) is 24.6 Å². The summed E-state index contributed by atoms with van der Waals surface area (Å²) in [5.74, 6) is 5.63. The van der Waals surface area contributed by atoms with Gasteiger partial charge in [-0.3, -0.25) is 4.79 Å². The Hall–Kier alpha value is -1.44. The predicted molar refractivity (Wildman–Crippen MR) is 87.6 cm³/mol. The first-order chi connectivity index (χ1) is 10.0. The molecule has 1 aliphatic heterocycles. The monoisotopic (exact) mass is 303 g/mol. The molecule has 1 N–H and O–H groups in total. The summed E-state index contributed by atoms with van der Waals surface area (Å²) in [6, 6.07) is 5.60. The summed E-state index contributed by atoms with van der Waals surface area (Å²) in [7, 11) is 0. The molecular weight excluding hydrogens is 282 g/mol. The summed E-state index contributed by atoms with van der Waals surface area (Å²) in [4.78, 5) is 14.7. The van der Waals surface area contributed by atoms with Crippen molar-refractivity contribution in [3.63, 3.8) is 0 Å². The Morgan fingerprint density at radius 3 is 2.67 bits per heavy atom. The van der Waals surface area contributed by atoms with Crippen molar-refractivity contribution in [3.8, 4) is 11.8 Å². The molecule has 0 aromatic heterocycles. The molecule has 1 amide bonds. The van der Waals surface area contributed by atoms with Crippen molar-refractivity contribution in [1.29, 1.82) is 0 Å². The van der Waals surface area contributed by atoms with E-state index < -0.39 is 0 Å².